The van der Waals surface area contributed by atoms with E-state index in [9.17, 15) is 116 Å². The maximum Gasteiger partial charge on any atom is 0.459 e. The third-order valence-corrected chi connectivity index (χ3v) is 14.5. The van der Waals surface area contributed by atoms with Crippen molar-refractivity contribution < 1.29 is 133 Å². The van der Waals surface area contributed by atoms with Crippen LogP contribution in [0.5, 0.6) is 0 Å². The van der Waals surface area contributed by atoms with Gasteiger partial charge in [-0.05, 0) is 79.8 Å². The summed E-state index contributed by atoms with van der Waals surface area (Å²) < 4.78 is 373. The molecule has 2 heterocycles. The van der Waals surface area contributed by atoms with Crippen LogP contribution in [-0.2, 0) is 12.8 Å². The van der Waals surface area contributed by atoms with Crippen molar-refractivity contribution in [2.75, 3.05) is 9.80 Å². The van der Waals surface area contributed by atoms with Gasteiger partial charge in [0.1, 0.15) is 0 Å². The second-order valence-corrected chi connectivity index (χ2v) is 18.7. The molecule has 0 saturated heterocycles. The molecule has 0 saturated carbocycles. The van der Waals surface area contributed by atoms with Gasteiger partial charge in [0.2, 0.25) is 10.8 Å². The number of hydrogen-bond acceptors (Lipinski definition) is 4. The minimum absolute atomic E-state index is 0.0610. The molecule has 2 aliphatic heterocycles. The zero-order chi connectivity index (χ0) is 61.4. The molecular formula is C50H20F26N2O4. The number of hydrogen-bond donors (Lipinski definition) is 0. The molecule has 0 spiro atoms. The van der Waals surface area contributed by atoms with E-state index in [2.05, 4.69) is 0 Å². The SMILES string of the molecule is O=C1c2ccc3c4ccc5c6c(ccc(c7ccc(c2c37)C(=O)N1c1ccccc1CC(C(F)(F)F)(C(F)(F)F)C(F)(F)C(F)(F)C(F)(F)F)c64)C(=O)N(c1ccccc1CC(C(F)(F)F)(C(F)(F)F)C(F)(F)C(F)(F)C(F)(F)F)C5=O. The molecule has 0 radical (unpaired) electrons. The maximum atomic E-state index is 15.3. The fraction of sp³-hybridized carbons (Fsp3) is 0.280. The molecule has 4 amide bonds. The summed E-state index contributed by atoms with van der Waals surface area (Å²) >= 11 is 0. The number of anilines is 2. The molecular weight excluding hydrogens is 1190 g/mol. The predicted octanol–water partition coefficient (Wildman–Crippen LogP) is 16.3. The van der Waals surface area contributed by atoms with Gasteiger partial charge in [0.25, 0.3) is 23.6 Å². The van der Waals surface area contributed by atoms with Gasteiger partial charge in [0.05, 0.1) is 11.4 Å². The number of imide groups is 2. The van der Waals surface area contributed by atoms with Crippen LogP contribution in [0.4, 0.5) is 126 Å². The van der Waals surface area contributed by atoms with Crippen molar-refractivity contribution in [2.45, 2.75) is 73.6 Å². The molecule has 0 N–H and O–H groups in total. The number of carbonyl (C=O) groups is 4. The highest BCUT2D eigenvalue weighted by Crippen LogP contribution is 2.69. The van der Waals surface area contributed by atoms with Gasteiger partial charge in [-0.15, -0.1) is 0 Å². The Labute approximate surface area is 435 Å². The summed E-state index contributed by atoms with van der Waals surface area (Å²) in [5.41, 5.74) is -23.9. The van der Waals surface area contributed by atoms with E-state index in [1.54, 1.807) is 0 Å². The Morgan fingerprint density at radius 2 is 0.500 bits per heavy atom. The van der Waals surface area contributed by atoms with E-state index in [1.165, 1.54) is 0 Å². The number of rotatable bonds is 10. The van der Waals surface area contributed by atoms with Gasteiger partial charge in [-0.25, -0.2) is 9.80 Å². The zero-order valence-electron chi connectivity index (χ0n) is 39.0. The third-order valence-electron chi connectivity index (χ3n) is 14.5. The Hall–Kier alpha value is -7.70. The Morgan fingerprint density at radius 1 is 0.268 bits per heavy atom. The van der Waals surface area contributed by atoms with Crippen molar-refractivity contribution in [1.29, 1.82) is 0 Å². The van der Waals surface area contributed by atoms with E-state index in [-0.39, 0.29) is 54.2 Å². The minimum atomic E-state index is -8.10. The van der Waals surface area contributed by atoms with Crippen LogP contribution in [0.1, 0.15) is 52.6 Å². The van der Waals surface area contributed by atoms with Crippen molar-refractivity contribution in [3.8, 4) is 0 Å². The van der Waals surface area contributed by atoms with Crippen LogP contribution in [-0.4, -0.2) is 84.4 Å². The molecule has 6 nitrogen and oxygen atoms in total. The lowest BCUT2D eigenvalue weighted by Crippen LogP contribution is -2.71. The monoisotopic (exact) mass is 1210 g/mol. The van der Waals surface area contributed by atoms with Gasteiger partial charge in [-0.3, -0.25) is 19.2 Å². The lowest BCUT2D eigenvalue weighted by Gasteiger charge is -2.45. The topological polar surface area (TPSA) is 74.8 Å². The largest absolute Gasteiger partial charge is 0.459 e. The van der Waals surface area contributed by atoms with Gasteiger partial charge >= 0.3 is 60.7 Å². The van der Waals surface area contributed by atoms with Crippen molar-refractivity contribution >= 4 is 78.1 Å². The average Bonchev–Trinajstić information content (AvgIpc) is 1.08. The Bertz CT molecular complexity index is 3470. The summed E-state index contributed by atoms with van der Waals surface area (Å²) in [6.45, 7) is 0. The normalized spacial score (nSPS) is 16.1. The second-order valence-electron chi connectivity index (χ2n) is 18.7. The number of fused-ring (bicyclic) bond motifs is 2. The minimum Gasteiger partial charge on any atom is -0.268 e. The van der Waals surface area contributed by atoms with E-state index >= 15 is 17.6 Å². The van der Waals surface area contributed by atoms with Crippen LogP contribution < -0.4 is 9.80 Å². The summed E-state index contributed by atoms with van der Waals surface area (Å²) in [4.78, 5) is 57.3. The third kappa shape index (κ3) is 7.44. The van der Waals surface area contributed by atoms with E-state index < -0.39 is 164 Å². The zero-order valence-corrected chi connectivity index (χ0v) is 39.0. The summed E-state index contributed by atoms with van der Waals surface area (Å²) in [6, 6.07) is 11.0. The number of benzene rings is 7. The Morgan fingerprint density at radius 3 is 0.720 bits per heavy atom. The van der Waals surface area contributed by atoms with Crippen LogP contribution >= 0.6 is 0 Å². The first-order valence-corrected chi connectivity index (χ1v) is 22.3. The molecule has 7 aromatic carbocycles. The van der Waals surface area contributed by atoms with Gasteiger partial charge < -0.3 is 0 Å². The number of nitrogens with zero attached hydrogens (tertiary/aromatic N) is 2. The fourth-order valence-electron chi connectivity index (χ4n) is 10.6. The van der Waals surface area contributed by atoms with E-state index in [1.807, 2.05) is 0 Å². The van der Waals surface area contributed by atoms with Crippen LogP contribution in [0.2, 0.25) is 0 Å². The van der Waals surface area contributed by atoms with Gasteiger partial charge in [-0.2, -0.15) is 114 Å². The first-order chi connectivity index (χ1) is 37.2. The molecule has 436 valence electrons. The summed E-state index contributed by atoms with van der Waals surface area (Å²) in [5, 5.41) is -1.28. The van der Waals surface area contributed by atoms with Gasteiger partial charge in [0.15, 0.2) is 0 Å². The van der Waals surface area contributed by atoms with E-state index in [0.29, 0.717) is 36.4 Å². The van der Waals surface area contributed by atoms with Crippen molar-refractivity contribution in [3.63, 3.8) is 0 Å². The quantitative estimate of drug-likeness (QED) is 0.0592. The van der Waals surface area contributed by atoms with Crippen molar-refractivity contribution in [1.82, 2.24) is 0 Å². The molecule has 0 bridgehead atoms. The molecule has 0 aliphatic carbocycles. The van der Waals surface area contributed by atoms with E-state index in [4.69, 9.17) is 0 Å². The molecule has 0 atom stereocenters. The molecule has 0 fully saturated rings. The molecule has 2 aliphatic rings. The predicted molar refractivity (Wildman–Crippen MR) is 231 cm³/mol. The summed E-state index contributed by atoms with van der Waals surface area (Å²) in [5.74, 6) is -39.0. The number of para-hydroxylation sites is 2. The standard InChI is InChI=1S/C50H20F26N2O4/c51-41(52,43(55,56)49(71,72)73)39(45(59,60)61,46(62,63)64)17-19-5-1-3-7-29(19)77-35(79)25-13-9-21-23-11-15-27-34-28(16-12-24(32(23)34)22-10-14-26(36(77)80)33(25)31(21)22)38(82)78(37(27)81)30-8-4-2-6-20(30)18-40(47(65,66)67,48(68,69)70)42(53,54)44(57,58)50(74,75)76/h1-16H,17-18H2. The highest BCUT2D eigenvalue weighted by atomic mass is 19.5. The number of halogens is 26. The number of amides is 4. The first kappa shape index (κ1) is 58.9. The Kier molecular flexibility index (Phi) is 12.5. The maximum absolute atomic E-state index is 15.3. The van der Waals surface area contributed by atoms with Crippen LogP contribution in [0.15, 0.2) is 97.1 Å². The number of alkyl halides is 26. The smallest absolute Gasteiger partial charge is 0.268 e. The number of carbonyl (C=O) groups excluding carboxylic acids is 4. The van der Waals surface area contributed by atoms with Crippen molar-refractivity contribution in [2.24, 2.45) is 10.8 Å². The van der Waals surface area contributed by atoms with E-state index in [0.717, 1.165) is 48.5 Å². The Balaban J connectivity index is 1.17. The highest BCUT2D eigenvalue weighted by Gasteiger charge is 2.93. The first-order valence-electron chi connectivity index (χ1n) is 22.3. The fourth-order valence-corrected chi connectivity index (χ4v) is 10.6. The summed E-state index contributed by atoms with van der Waals surface area (Å²) in [7, 11) is 0. The molecule has 0 aromatic heterocycles. The molecule has 0 unspecified atom stereocenters. The van der Waals surface area contributed by atoms with Crippen LogP contribution in [0.25, 0.3) is 43.1 Å². The lowest BCUT2D eigenvalue weighted by atomic mass is 9.71. The van der Waals surface area contributed by atoms with Crippen molar-refractivity contribution in [3.05, 3.63) is 130 Å². The second kappa shape index (κ2) is 17.4. The summed E-state index contributed by atoms with van der Waals surface area (Å²) in [6.07, 6.45) is -53.3. The molecule has 82 heavy (non-hydrogen) atoms. The van der Waals surface area contributed by atoms with Crippen LogP contribution in [0, 0.1) is 10.8 Å². The highest BCUT2D eigenvalue weighted by molar-refractivity contribution is 6.45. The van der Waals surface area contributed by atoms with Gasteiger partial charge in [-0.1, -0.05) is 60.7 Å². The average molecular weight is 1210 g/mol. The lowest BCUT2D eigenvalue weighted by molar-refractivity contribution is -0.460. The molecule has 7 aromatic rings. The molecule has 9 rings (SSSR count). The molecule has 32 heteroatoms. The van der Waals surface area contributed by atoms with Gasteiger partial charge in [0, 0.05) is 45.9 Å². The van der Waals surface area contributed by atoms with Crippen LogP contribution in [0.3, 0.4) is 0 Å².